The van der Waals surface area contributed by atoms with E-state index in [-0.39, 0.29) is 0 Å². The third-order valence-electron chi connectivity index (χ3n) is 4.56. The van der Waals surface area contributed by atoms with Crippen molar-refractivity contribution in [2.75, 3.05) is 26.2 Å². The molecule has 3 rings (SSSR count). The number of thiocarbonyl (C=S) groups is 1. The van der Waals surface area contributed by atoms with Crippen LogP contribution in [0.1, 0.15) is 33.1 Å². The van der Waals surface area contributed by atoms with E-state index >= 15 is 0 Å². The molecule has 1 unspecified atom stereocenters. The molecule has 98 valence electrons. The van der Waals surface area contributed by atoms with Crippen LogP contribution in [0.2, 0.25) is 0 Å². The van der Waals surface area contributed by atoms with Crippen LogP contribution in [-0.2, 0) is 0 Å². The van der Waals surface area contributed by atoms with Crippen LogP contribution in [0.5, 0.6) is 0 Å². The van der Waals surface area contributed by atoms with Crippen molar-refractivity contribution < 1.29 is 4.90 Å². The number of quaternary nitrogens is 1. The molecule has 3 saturated heterocycles. The molecular weight excluding hydrogens is 230 g/mol. The molecule has 3 aliphatic rings. The van der Waals surface area contributed by atoms with Crippen molar-refractivity contribution in [2.24, 2.45) is 11.8 Å². The summed E-state index contributed by atoms with van der Waals surface area (Å²) in [6.45, 7) is 9.15. The summed E-state index contributed by atoms with van der Waals surface area (Å²) in [5.41, 5.74) is 0. The van der Waals surface area contributed by atoms with E-state index in [4.69, 9.17) is 12.2 Å². The van der Waals surface area contributed by atoms with Gasteiger partial charge in [-0.15, -0.1) is 0 Å². The molecule has 0 spiro atoms. The third-order valence-corrected chi connectivity index (χ3v) is 4.85. The van der Waals surface area contributed by atoms with Crippen LogP contribution >= 0.6 is 12.2 Å². The first-order chi connectivity index (χ1) is 8.24. The standard InChI is InChI=1S/C13H25N3S/c1-3-10-9-16-6-5-11(10)7-12(16)8-15-13(17)14-4-2/h10-12H,3-9H2,1-2H3,(H2,14,15,17)/p+1/t10-,11+,12+/m0/s1. The van der Waals surface area contributed by atoms with Crippen molar-refractivity contribution in [3.8, 4) is 0 Å². The molecule has 3 heterocycles. The molecule has 3 fully saturated rings. The van der Waals surface area contributed by atoms with E-state index in [1.54, 1.807) is 0 Å². The normalized spacial score (nSPS) is 35.6. The molecule has 0 saturated carbocycles. The highest BCUT2D eigenvalue weighted by atomic mass is 32.1. The Morgan fingerprint density at radius 1 is 1.35 bits per heavy atom. The number of piperidine rings is 3. The maximum atomic E-state index is 5.22. The number of nitrogens with one attached hydrogen (secondary N) is 3. The predicted molar refractivity (Wildman–Crippen MR) is 75.3 cm³/mol. The second kappa shape index (κ2) is 6.01. The molecule has 0 aromatic carbocycles. The van der Waals surface area contributed by atoms with Crippen molar-refractivity contribution in [1.82, 2.24) is 10.6 Å². The van der Waals surface area contributed by atoms with Gasteiger partial charge in [-0.05, 0) is 31.5 Å². The van der Waals surface area contributed by atoms with Crippen LogP contribution in [-0.4, -0.2) is 37.3 Å². The highest BCUT2D eigenvalue weighted by molar-refractivity contribution is 7.80. The van der Waals surface area contributed by atoms with Gasteiger partial charge in [0.2, 0.25) is 0 Å². The summed E-state index contributed by atoms with van der Waals surface area (Å²) < 4.78 is 0. The van der Waals surface area contributed by atoms with E-state index in [1.165, 1.54) is 32.4 Å². The summed E-state index contributed by atoms with van der Waals surface area (Å²) in [5, 5.41) is 7.35. The summed E-state index contributed by atoms with van der Waals surface area (Å²) in [6, 6.07) is 0.785. The molecule has 4 atom stereocenters. The summed E-state index contributed by atoms with van der Waals surface area (Å²) in [7, 11) is 0. The van der Waals surface area contributed by atoms with Crippen molar-refractivity contribution in [2.45, 2.75) is 39.2 Å². The SMILES string of the molecule is CCNC(=S)NC[C@H]1C[C@H]2CC[NH+]1C[C@@H]2CC. The third kappa shape index (κ3) is 3.10. The Kier molecular flexibility index (Phi) is 4.62. The van der Waals surface area contributed by atoms with Gasteiger partial charge in [0, 0.05) is 25.3 Å². The number of fused-ring (bicyclic) bond motifs is 3. The molecule has 2 bridgehead atoms. The zero-order chi connectivity index (χ0) is 12.3. The van der Waals surface area contributed by atoms with Crippen molar-refractivity contribution in [3.05, 3.63) is 0 Å². The topological polar surface area (TPSA) is 28.5 Å². The Bertz CT molecular complexity index is 269. The molecule has 0 aliphatic carbocycles. The van der Waals surface area contributed by atoms with Gasteiger partial charge in [0.1, 0.15) is 6.04 Å². The maximum Gasteiger partial charge on any atom is 0.166 e. The highest BCUT2D eigenvalue weighted by Crippen LogP contribution is 2.28. The number of hydrogen-bond acceptors (Lipinski definition) is 1. The van der Waals surface area contributed by atoms with E-state index in [0.29, 0.717) is 0 Å². The Morgan fingerprint density at radius 3 is 2.76 bits per heavy atom. The number of rotatable bonds is 4. The Morgan fingerprint density at radius 2 is 2.18 bits per heavy atom. The summed E-state index contributed by atoms with van der Waals surface area (Å²) in [5.74, 6) is 1.97. The van der Waals surface area contributed by atoms with Crippen LogP contribution < -0.4 is 15.5 Å². The fraction of sp³-hybridized carbons (Fsp3) is 0.923. The summed E-state index contributed by atoms with van der Waals surface area (Å²) >= 11 is 5.22. The molecule has 3 nitrogen and oxygen atoms in total. The number of hydrogen-bond donors (Lipinski definition) is 3. The van der Waals surface area contributed by atoms with E-state index in [1.807, 2.05) is 4.90 Å². The fourth-order valence-electron chi connectivity index (χ4n) is 3.57. The van der Waals surface area contributed by atoms with Gasteiger partial charge in [0.15, 0.2) is 5.11 Å². The monoisotopic (exact) mass is 256 g/mol. The van der Waals surface area contributed by atoms with E-state index in [0.717, 1.165) is 36.1 Å². The van der Waals surface area contributed by atoms with E-state index in [2.05, 4.69) is 24.5 Å². The molecule has 0 aromatic rings. The van der Waals surface area contributed by atoms with Crippen LogP contribution in [0.4, 0.5) is 0 Å². The lowest BCUT2D eigenvalue weighted by Gasteiger charge is -2.46. The van der Waals surface area contributed by atoms with Gasteiger partial charge < -0.3 is 15.5 Å². The molecule has 3 aliphatic heterocycles. The van der Waals surface area contributed by atoms with Gasteiger partial charge in [0.25, 0.3) is 0 Å². The Balaban J connectivity index is 1.78. The lowest BCUT2D eigenvalue weighted by molar-refractivity contribution is -0.945. The van der Waals surface area contributed by atoms with Gasteiger partial charge in [0.05, 0.1) is 19.6 Å². The molecule has 0 aromatic heterocycles. The van der Waals surface area contributed by atoms with Gasteiger partial charge in [-0.2, -0.15) is 0 Å². The lowest BCUT2D eigenvalue weighted by Crippen LogP contribution is -3.20. The largest absolute Gasteiger partial charge is 0.363 e. The van der Waals surface area contributed by atoms with Gasteiger partial charge >= 0.3 is 0 Å². The van der Waals surface area contributed by atoms with Crippen molar-refractivity contribution in [3.63, 3.8) is 0 Å². The molecule has 0 amide bonds. The van der Waals surface area contributed by atoms with Gasteiger partial charge in [-0.3, -0.25) is 0 Å². The fourth-order valence-corrected chi connectivity index (χ4v) is 3.80. The Hall–Kier alpha value is -0.350. The zero-order valence-electron chi connectivity index (χ0n) is 11.1. The first-order valence-corrected chi connectivity index (χ1v) is 7.51. The van der Waals surface area contributed by atoms with Crippen LogP contribution in [0.3, 0.4) is 0 Å². The van der Waals surface area contributed by atoms with Crippen LogP contribution in [0.15, 0.2) is 0 Å². The molecule has 4 heteroatoms. The van der Waals surface area contributed by atoms with E-state index in [9.17, 15) is 0 Å². The van der Waals surface area contributed by atoms with Crippen molar-refractivity contribution >= 4 is 17.3 Å². The average Bonchev–Trinajstić information content (AvgIpc) is 2.37. The minimum Gasteiger partial charge on any atom is -0.363 e. The highest BCUT2D eigenvalue weighted by Gasteiger charge is 2.42. The molecular formula is C13H26N3S+. The van der Waals surface area contributed by atoms with Gasteiger partial charge in [-0.1, -0.05) is 6.92 Å². The molecule has 0 radical (unpaired) electrons. The summed E-state index contributed by atoms with van der Waals surface area (Å²) in [4.78, 5) is 1.81. The minimum atomic E-state index is 0.785. The second-order valence-corrected chi connectivity index (χ2v) is 5.91. The Labute approximate surface area is 110 Å². The first kappa shape index (κ1) is 13.1. The van der Waals surface area contributed by atoms with E-state index < -0.39 is 0 Å². The van der Waals surface area contributed by atoms with Crippen LogP contribution in [0.25, 0.3) is 0 Å². The first-order valence-electron chi connectivity index (χ1n) is 7.10. The predicted octanol–water partition coefficient (Wildman–Crippen LogP) is 0.174. The summed E-state index contributed by atoms with van der Waals surface area (Å²) in [6.07, 6.45) is 4.21. The average molecular weight is 256 g/mol. The lowest BCUT2D eigenvalue weighted by atomic mass is 9.74. The zero-order valence-corrected chi connectivity index (χ0v) is 11.9. The van der Waals surface area contributed by atoms with Crippen LogP contribution in [0, 0.1) is 11.8 Å². The molecule has 3 N–H and O–H groups in total. The van der Waals surface area contributed by atoms with Gasteiger partial charge in [-0.25, -0.2) is 0 Å². The second-order valence-electron chi connectivity index (χ2n) is 5.50. The quantitative estimate of drug-likeness (QED) is 0.627. The smallest absolute Gasteiger partial charge is 0.166 e. The van der Waals surface area contributed by atoms with Crippen molar-refractivity contribution in [1.29, 1.82) is 0 Å². The molecule has 17 heavy (non-hydrogen) atoms. The minimum absolute atomic E-state index is 0.785. The maximum absolute atomic E-state index is 5.22.